The van der Waals surface area contributed by atoms with E-state index in [0.717, 1.165) is 16.0 Å². The summed E-state index contributed by atoms with van der Waals surface area (Å²) in [6.45, 7) is 1.59. The molecule has 0 saturated heterocycles. The maximum Gasteiger partial charge on any atom is 0.272 e. The second-order valence-electron chi connectivity index (χ2n) is 7.71. The molecule has 3 aromatic rings. The molecule has 2 heterocycles. The van der Waals surface area contributed by atoms with Crippen molar-refractivity contribution in [1.29, 1.82) is 0 Å². The van der Waals surface area contributed by atoms with E-state index >= 15 is 0 Å². The Hall–Kier alpha value is -3.78. The van der Waals surface area contributed by atoms with Crippen LogP contribution in [0.4, 0.5) is 5.69 Å². The number of nitrogens with zero attached hydrogens (tertiary/aromatic N) is 2. The van der Waals surface area contributed by atoms with Crippen LogP contribution in [0.2, 0.25) is 0 Å². The second-order valence-corrected chi connectivity index (χ2v) is 8.75. The molecule has 4 rings (SSSR count). The van der Waals surface area contributed by atoms with Crippen LogP contribution in [0, 0.1) is 0 Å². The van der Waals surface area contributed by atoms with Gasteiger partial charge in [0.2, 0.25) is 18.0 Å². The molecule has 2 atom stereocenters. The first kappa shape index (κ1) is 22.4. The summed E-state index contributed by atoms with van der Waals surface area (Å²) in [4.78, 5) is 45.4. The molecule has 33 heavy (non-hydrogen) atoms. The topological polar surface area (TPSA) is 90.9 Å². The molecule has 2 N–H and O–H groups in total. The lowest BCUT2D eigenvalue weighted by atomic mass is 10.0. The molecule has 8 heteroatoms. The Kier molecular flexibility index (Phi) is 6.65. The molecule has 0 bridgehead atoms. The number of benzene rings is 2. The number of fused-ring (bicyclic) bond motifs is 1. The second kappa shape index (κ2) is 9.79. The number of hydrogen-bond acceptors (Lipinski definition) is 5. The molecule has 1 unspecified atom stereocenters. The molecule has 0 radical (unpaired) electrons. The first-order valence-corrected chi connectivity index (χ1v) is 11.4. The van der Waals surface area contributed by atoms with E-state index in [1.54, 1.807) is 14.0 Å². The number of anilines is 1. The largest absolute Gasteiger partial charge is 0.344 e. The van der Waals surface area contributed by atoms with Crippen molar-refractivity contribution in [3.05, 3.63) is 88.1 Å². The van der Waals surface area contributed by atoms with E-state index < -0.39 is 18.1 Å². The average Bonchev–Trinajstić information content (AvgIpc) is 3.30. The number of aliphatic imine (C=N–C) groups is 1. The van der Waals surface area contributed by atoms with Gasteiger partial charge in [-0.2, -0.15) is 0 Å². The average molecular weight is 461 g/mol. The summed E-state index contributed by atoms with van der Waals surface area (Å²) in [5, 5.41) is 7.30. The molecule has 0 aliphatic carbocycles. The third-order valence-electron chi connectivity index (χ3n) is 5.36. The lowest BCUT2D eigenvalue weighted by Crippen LogP contribution is -2.52. The fourth-order valence-corrected chi connectivity index (χ4v) is 4.34. The van der Waals surface area contributed by atoms with Crippen molar-refractivity contribution in [2.24, 2.45) is 4.99 Å². The van der Waals surface area contributed by atoms with E-state index in [2.05, 4.69) is 15.6 Å². The van der Waals surface area contributed by atoms with Gasteiger partial charge in [-0.1, -0.05) is 54.6 Å². The number of nitrogens with one attached hydrogen (secondary N) is 2. The van der Waals surface area contributed by atoms with Crippen molar-refractivity contribution in [3.63, 3.8) is 0 Å². The van der Waals surface area contributed by atoms with Crippen LogP contribution in [0.15, 0.2) is 77.1 Å². The maximum absolute atomic E-state index is 13.2. The van der Waals surface area contributed by atoms with Crippen LogP contribution in [-0.2, 0) is 20.8 Å². The van der Waals surface area contributed by atoms with Crippen LogP contribution in [0.3, 0.4) is 0 Å². The van der Waals surface area contributed by atoms with Gasteiger partial charge in [-0.25, -0.2) is 4.99 Å². The molecule has 0 spiro atoms. The number of carbonyl (C=O) groups is 3. The Labute approximate surface area is 196 Å². The van der Waals surface area contributed by atoms with Crippen molar-refractivity contribution in [2.45, 2.75) is 25.6 Å². The van der Waals surface area contributed by atoms with Gasteiger partial charge in [0.1, 0.15) is 6.04 Å². The summed E-state index contributed by atoms with van der Waals surface area (Å²) < 4.78 is 0. The van der Waals surface area contributed by atoms with Crippen LogP contribution in [-0.4, -0.2) is 42.7 Å². The number of thiophene rings is 1. The Bertz CT molecular complexity index is 1190. The zero-order chi connectivity index (χ0) is 23.4. The minimum Gasteiger partial charge on any atom is -0.344 e. The van der Waals surface area contributed by atoms with Gasteiger partial charge in [0.15, 0.2) is 0 Å². The monoisotopic (exact) mass is 460 g/mol. The fourth-order valence-electron chi connectivity index (χ4n) is 3.63. The van der Waals surface area contributed by atoms with Gasteiger partial charge in [0.25, 0.3) is 5.91 Å². The van der Waals surface area contributed by atoms with E-state index in [0.29, 0.717) is 11.4 Å². The predicted molar refractivity (Wildman–Crippen MR) is 129 cm³/mol. The van der Waals surface area contributed by atoms with E-state index in [9.17, 15) is 14.4 Å². The molecule has 168 valence electrons. The quantitative estimate of drug-likeness (QED) is 0.593. The molecule has 1 aromatic heterocycles. The Morgan fingerprint density at radius 2 is 1.79 bits per heavy atom. The van der Waals surface area contributed by atoms with Gasteiger partial charge in [-0.15, -0.1) is 11.3 Å². The third kappa shape index (κ3) is 5.01. The summed E-state index contributed by atoms with van der Waals surface area (Å²) in [5.41, 5.74) is 2.96. The van der Waals surface area contributed by atoms with Gasteiger partial charge in [0.05, 0.1) is 17.8 Å². The smallest absolute Gasteiger partial charge is 0.272 e. The zero-order valence-corrected chi connectivity index (χ0v) is 19.1. The molecular weight excluding hydrogens is 436 g/mol. The Balaban J connectivity index is 1.57. The minimum absolute atomic E-state index is 0.200. The van der Waals surface area contributed by atoms with Gasteiger partial charge in [-0.3, -0.25) is 14.4 Å². The third-order valence-corrected chi connectivity index (χ3v) is 6.23. The van der Waals surface area contributed by atoms with E-state index in [1.807, 2.05) is 72.1 Å². The standard InChI is InChI=1S/C25H24N4O3S/c1-16(26-21(30)15-18-11-8-14-33-18)24(31)28-23-25(32)29(2)20-13-7-6-12-19(20)22(27-23)17-9-4-3-5-10-17/h3-14,16,23H,15H2,1-2H3,(H,26,30)(H,28,31)/t16-,23?/m0/s1. The maximum atomic E-state index is 13.2. The van der Waals surface area contributed by atoms with Crippen LogP contribution < -0.4 is 15.5 Å². The summed E-state index contributed by atoms with van der Waals surface area (Å²) >= 11 is 1.48. The van der Waals surface area contributed by atoms with Gasteiger partial charge in [0, 0.05) is 23.1 Å². The molecule has 3 amide bonds. The number of benzodiazepines with no additional fused rings is 1. The number of amides is 3. The summed E-state index contributed by atoms with van der Waals surface area (Å²) in [7, 11) is 1.66. The molecule has 1 aliphatic heterocycles. The highest BCUT2D eigenvalue weighted by molar-refractivity contribution is 7.10. The first-order valence-electron chi connectivity index (χ1n) is 10.6. The van der Waals surface area contributed by atoms with Crippen molar-refractivity contribution in [1.82, 2.24) is 10.6 Å². The highest BCUT2D eigenvalue weighted by atomic mass is 32.1. The van der Waals surface area contributed by atoms with Crippen molar-refractivity contribution >= 4 is 40.5 Å². The summed E-state index contributed by atoms with van der Waals surface area (Å²) in [6, 6.07) is 20.0. The SMILES string of the molecule is C[C@H](NC(=O)Cc1cccs1)C(=O)NC1N=C(c2ccccc2)c2ccccc2N(C)C1=O. The van der Waals surface area contributed by atoms with Gasteiger partial charge in [-0.05, 0) is 24.4 Å². The molecule has 0 saturated carbocycles. The van der Waals surface area contributed by atoms with Crippen LogP contribution in [0.25, 0.3) is 0 Å². The normalized spacial score (nSPS) is 16.3. The number of rotatable bonds is 6. The van der Waals surface area contributed by atoms with E-state index in [1.165, 1.54) is 16.2 Å². The molecule has 2 aromatic carbocycles. The Morgan fingerprint density at radius 1 is 1.06 bits per heavy atom. The highest BCUT2D eigenvalue weighted by Gasteiger charge is 2.32. The number of likely N-dealkylation sites (N-methyl/N-ethyl adjacent to an activating group) is 1. The van der Waals surface area contributed by atoms with Crippen LogP contribution in [0.1, 0.15) is 22.9 Å². The summed E-state index contributed by atoms with van der Waals surface area (Å²) in [6.07, 6.45) is -0.923. The zero-order valence-electron chi connectivity index (χ0n) is 18.3. The van der Waals surface area contributed by atoms with Crippen LogP contribution in [0.5, 0.6) is 0 Å². The fraction of sp³-hybridized carbons (Fsp3) is 0.200. The van der Waals surface area contributed by atoms with Crippen LogP contribution >= 0.6 is 11.3 Å². The van der Waals surface area contributed by atoms with E-state index in [-0.39, 0.29) is 18.2 Å². The van der Waals surface area contributed by atoms with Gasteiger partial charge >= 0.3 is 0 Å². The lowest BCUT2D eigenvalue weighted by Gasteiger charge is -2.22. The molecule has 7 nitrogen and oxygen atoms in total. The Morgan fingerprint density at radius 3 is 2.52 bits per heavy atom. The first-order chi connectivity index (χ1) is 15.9. The lowest BCUT2D eigenvalue weighted by molar-refractivity contribution is -0.130. The van der Waals surface area contributed by atoms with E-state index in [4.69, 9.17) is 0 Å². The predicted octanol–water partition coefficient (Wildman–Crippen LogP) is 2.75. The van der Waals surface area contributed by atoms with Crippen molar-refractivity contribution in [2.75, 3.05) is 11.9 Å². The minimum atomic E-state index is -1.12. The molecule has 0 fully saturated rings. The molecule has 1 aliphatic rings. The van der Waals surface area contributed by atoms with Crippen molar-refractivity contribution < 1.29 is 14.4 Å². The molecular formula is C25H24N4O3S. The van der Waals surface area contributed by atoms with Gasteiger partial charge < -0.3 is 15.5 Å². The summed E-state index contributed by atoms with van der Waals surface area (Å²) in [5.74, 6) is -1.10. The number of para-hydroxylation sites is 1. The number of carbonyl (C=O) groups excluding carboxylic acids is 3. The highest BCUT2D eigenvalue weighted by Crippen LogP contribution is 2.27. The van der Waals surface area contributed by atoms with Crippen molar-refractivity contribution in [3.8, 4) is 0 Å². The number of hydrogen-bond donors (Lipinski definition) is 2.